The van der Waals surface area contributed by atoms with Crippen LogP contribution in [-0.2, 0) is 11.3 Å². The van der Waals surface area contributed by atoms with E-state index in [4.69, 9.17) is 9.72 Å². The number of likely N-dealkylation sites (tertiary alicyclic amines) is 1. The summed E-state index contributed by atoms with van der Waals surface area (Å²) in [6, 6.07) is 14.0. The normalized spacial score (nSPS) is 15.6. The second-order valence-corrected chi connectivity index (χ2v) is 8.44. The van der Waals surface area contributed by atoms with Gasteiger partial charge in [0, 0.05) is 57.0 Å². The van der Waals surface area contributed by atoms with E-state index in [1.165, 1.54) is 12.1 Å². The molecule has 1 fully saturated rings. The van der Waals surface area contributed by atoms with Gasteiger partial charge in [-0.25, -0.2) is 14.4 Å². The molecular weight excluding hydrogens is 419 g/mol. The molecule has 1 amide bonds. The Morgan fingerprint density at radius 1 is 1.15 bits per heavy atom. The van der Waals surface area contributed by atoms with Crippen molar-refractivity contribution in [2.45, 2.75) is 25.9 Å². The van der Waals surface area contributed by atoms with Crippen LogP contribution in [0.5, 0.6) is 0 Å². The van der Waals surface area contributed by atoms with Gasteiger partial charge in [0.25, 0.3) is 5.91 Å². The van der Waals surface area contributed by atoms with Gasteiger partial charge in [-0.3, -0.25) is 4.79 Å². The average Bonchev–Trinajstić information content (AvgIpc) is 3.33. The van der Waals surface area contributed by atoms with E-state index in [-0.39, 0.29) is 17.6 Å². The number of carbonyl (C=O) groups excluding carboxylic acids is 1. The van der Waals surface area contributed by atoms with Crippen LogP contribution in [0.2, 0.25) is 0 Å². The molecule has 1 aliphatic heterocycles. The van der Waals surface area contributed by atoms with Crippen LogP contribution >= 0.6 is 0 Å². The van der Waals surface area contributed by atoms with Crippen LogP contribution in [0.25, 0.3) is 11.1 Å². The maximum Gasteiger partial charge on any atom is 0.253 e. The van der Waals surface area contributed by atoms with E-state index in [0.717, 1.165) is 28.8 Å². The van der Waals surface area contributed by atoms with Crippen molar-refractivity contribution in [2.24, 2.45) is 0 Å². The lowest BCUT2D eigenvalue weighted by Crippen LogP contribution is -2.28. The summed E-state index contributed by atoms with van der Waals surface area (Å²) < 4.78 is 18.9. The molecule has 1 aliphatic rings. The fourth-order valence-corrected chi connectivity index (χ4v) is 4.08. The molecule has 1 unspecified atom stereocenters. The Bertz CT molecular complexity index is 1100. The van der Waals surface area contributed by atoms with Crippen molar-refractivity contribution >= 4 is 11.9 Å². The third-order valence-electron chi connectivity index (χ3n) is 5.90. The summed E-state index contributed by atoms with van der Waals surface area (Å²) in [7, 11) is 3.80. The number of anilines is 1. The van der Waals surface area contributed by atoms with Crippen LogP contribution in [-0.4, -0.2) is 54.6 Å². The van der Waals surface area contributed by atoms with Gasteiger partial charge < -0.3 is 14.5 Å². The largest absolute Gasteiger partial charge is 0.377 e. The van der Waals surface area contributed by atoms with Gasteiger partial charge in [0.2, 0.25) is 5.95 Å². The van der Waals surface area contributed by atoms with Gasteiger partial charge in [-0.15, -0.1) is 0 Å². The van der Waals surface area contributed by atoms with E-state index in [0.29, 0.717) is 37.8 Å². The lowest BCUT2D eigenvalue weighted by molar-refractivity contribution is 0.0790. The Kier molecular flexibility index (Phi) is 6.99. The minimum Gasteiger partial charge on any atom is -0.377 e. The number of ether oxygens (including phenoxy) is 1. The smallest absolute Gasteiger partial charge is 0.253 e. The van der Waals surface area contributed by atoms with Gasteiger partial charge in [0.15, 0.2) is 0 Å². The first kappa shape index (κ1) is 22.9. The average molecular weight is 449 g/mol. The van der Waals surface area contributed by atoms with E-state index in [9.17, 15) is 9.18 Å². The molecule has 2 aromatic carbocycles. The van der Waals surface area contributed by atoms with Crippen LogP contribution in [0.1, 0.15) is 40.9 Å². The number of nitrogens with zero attached hydrogens (tertiary/aromatic N) is 4. The van der Waals surface area contributed by atoms with Crippen molar-refractivity contribution in [3.63, 3.8) is 0 Å². The summed E-state index contributed by atoms with van der Waals surface area (Å²) in [6.07, 6.45) is 2.61. The first-order valence-corrected chi connectivity index (χ1v) is 11.2. The molecule has 1 atom stereocenters. The highest BCUT2D eigenvalue weighted by Gasteiger charge is 2.31. The van der Waals surface area contributed by atoms with Crippen LogP contribution in [0.3, 0.4) is 0 Å². The van der Waals surface area contributed by atoms with Gasteiger partial charge >= 0.3 is 0 Å². The predicted molar refractivity (Wildman–Crippen MR) is 127 cm³/mol. The number of amides is 1. The molecule has 6 nitrogen and oxygen atoms in total. The minimum absolute atomic E-state index is 0.0191. The van der Waals surface area contributed by atoms with E-state index >= 15 is 0 Å². The van der Waals surface area contributed by atoms with Crippen molar-refractivity contribution in [3.05, 3.63) is 77.4 Å². The molecule has 1 aromatic heterocycles. The SMILES string of the molecule is CCOCc1ccc(C(=O)N2CCC(c3nc(N(C)C)ncc3-c3ccc(F)cc3)C2)cc1. The number of carbonyl (C=O) groups is 1. The standard InChI is InChI=1S/C26H29FN4O2/c1-4-33-17-18-5-7-20(8-6-18)25(32)31-14-13-21(16-31)24-23(15-28-26(29-24)30(2)3)19-9-11-22(27)12-10-19/h5-12,15,21H,4,13-14,16-17H2,1-3H3. The van der Waals surface area contributed by atoms with Crippen molar-refractivity contribution in [3.8, 4) is 11.1 Å². The molecule has 0 spiro atoms. The zero-order valence-electron chi connectivity index (χ0n) is 19.3. The Morgan fingerprint density at radius 3 is 2.55 bits per heavy atom. The molecule has 7 heteroatoms. The maximum atomic E-state index is 13.5. The molecule has 4 rings (SSSR count). The zero-order chi connectivity index (χ0) is 23.4. The predicted octanol–water partition coefficient (Wildman–Crippen LogP) is 4.51. The molecule has 1 saturated heterocycles. The molecular formula is C26H29FN4O2. The molecule has 2 heterocycles. The van der Waals surface area contributed by atoms with Crippen molar-refractivity contribution in [1.82, 2.24) is 14.9 Å². The van der Waals surface area contributed by atoms with E-state index in [1.807, 2.05) is 55.1 Å². The third kappa shape index (κ3) is 5.20. The first-order chi connectivity index (χ1) is 16.0. The third-order valence-corrected chi connectivity index (χ3v) is 5.90. The molecule has 0 aliphatic carbocycles. The molecule has 0 saturated carbocycles. The molecule has 0 N–H and O–H groups in total. The van der Waals surface area contributed by atoms with Crippen LogP contribution in [0, 0.1) is 5.82 Å². The van der Waals surface area contributed by atoms with Crippen LogP contribution in [0.15, 0.2) is 54.7 Å². The highest BCUT2D eigenvalue weighted by Crippen LogP contribution is 2.34. The molecule has 172 valence electrons. The maximum absolute atomic E-state index is 13.5. The first-order valence-electron chi connectivity index (χ1n) is 11.2. The summed E-state index contributed by atoms with van der Waals surface area (Å²) in [5, 5.41) is 0. The Labute approximate surface area is 194 Å². The lowest BCUT2D eigenvalue weighted by Gasteiger charge is -2.20. The second-order valence-electron chi connectivity index (χ2n) is 8.44. The summed E-state index contributed by atoms with van der Waals surface area (Å²) in [5.74, 6) is 0.431. The number of benzene rings is 2. The molecule has 0 bridgehead atoms. The Balaban J connectivity index is 1.56. The second kappa shape index (κ2) is 10.1. The number of aromatic nitrogens is 2. The number of halogens is 1. The van der Waals surface area contributed by atoms with Gasteiger partial charge in [0.05, 0.1) is 12.3 Å². The van der Waals surface area contributed by atoms with Crippen molar-refractivity contribution in [1.29, 1.82) is 0 Å². The monoisotopic (exact) mass is 448 g/mol. The minimum atomic E-state index is -0.281. The summed E-state index contributed by atoms with van der Waals surface area (Å²) in [5.41, 5.74) is 4.36. The number of rotatable bonds is 7. The fourth-order valence-electron chi connectivity index (χ4n) is 4.08. The van der Waals surface area contributed by atoms with Gasteiger partial charge in [-0.2, -0.15) is 0 Å². The van der Waals surface area contributed by atoms with E-state index in [1.54, 1.807) is 18.3 Å². The molecule has 0 radical (unpaired) electrons. The van der Waals surface area contributed by atoms with E-state index < -0.39 is 0 Å². The summed E-state index contributed by atoms with van der Waals surface area (Å²) in [4.78, 5) is 26.2. The zero-order valence-corrected chi connectivity index (χ0v) is 19.3. The topological polar surface area (TPSA) is 58.6 Å². The number of hydrogen-bond acceptors (Lipinski definition) is 5. The summed E-state index contributed by atoms with van der Waals surface area (Å²) in [6.45, 7) is 4.41. The fraction of sp³-hybridized carbons (Fsp3) is 0.346. The van der Waals surface area contributed by atoms with Crippen LogP contribution in [0.4, 0.5) is 10.3 Å². The lowest BCUT2D eigenvalue weighted by atomic mass is 9.96. The Hall–Kier alpha value is -3.32. The highest BCUT2D eigenvalue weighted by molar-refractivity contribution is 5.94. The van der Waals surface area contributed by atoms with Gasteiger partial charge in [-0.05, 0) is 48.7 Å². The highest BCUT2D eigenvalue weighted by atomic mass is 19.1. The Morgan fingerprint density at radius 2 is 1.88 bits per heavy atom. The summed E-state index contributed by atoms with van der Waals surface area (Å²) >= 11 is 0. The van der Waals surface area contributed by atoms with Crippen LogP contribution < -0.4 is 4.90 Å². The molecule has 3 aromatic rings. The van der Waals surface area contributed by atoms with E-state index in [2.05, 4.69) is 4.98 Å². The van der Waals surface area contributed by atoms with Gasteiger partial charge in [0.1, 0.15) is 5.82 Å². The number of hydrogen-bond donors (Lipinski definition) is 0. The van der Waals surface area contributed by atoms with Crippen molar-refractivity contribution < 1.29 is 13.9 Å². The molecule has 33 heavy (non-hydrogen) atoms. The van der Waals surface area contributed by atoms with Crippen molar-refractivity contribution in [2.75, 3.05) is 38.7 Å². The quantitative estimate of drug-likeness (QED) is 0.532. The van der Waals surface area contributed by atoms with Gasteiger partial charge in [-0.1, -0.05) is 24.3 Å².